The van der Waals surface area contributed by atoms with Crippen LogP contribution >= 0.6 is 0 Å². The van der Waals surface area contributed by atoms with E-state index >= 15 is 0 Å². The Morgan fingerprint density at radius 2 is 1.55 bits per heavy atom. The van der Waals surface area contributed by atoms with E-state index in [0.717, 1.165) is 27.8 Å². The molecule has 0 aromatic heterocycles. The summed E-state index contributed by atoms with van der Waals surface area (Å²) in [6.45, 7) is 6.23. The number of hydrogen-bond donors (Lipinski definition) is 1. The second-order valence-electron chi connectivity index (χ2n) is 8.48. The highest BCUT2D eigenvalue weighted by Crippen LogP contribution is 2.25. The Balaban J connectivity index is 1.71. The van der Waals surface area contributed by atoms with E-state index in [1.54, 1.807) is 0 Å². The maximum absolute atomic E-state index is 12.9. The van der Waals surface area contributed by atoms with Crippen LogP contribution < -0.4 is 9.62 Å². The van der Waals surface area contributed by atoms with Gasteiger partial charge in [0.15, 0.2) is 0 Å². The summed E-state index contributed by atoms with van der Waals surface area (Å²) >= 11 is 0. The zero-order valence-electron chi connectivity index (χ0n) is 19.7. The SMILES string of the molecule is Cc1ccc(N(CCCC(=O)N[C@@H](c2ccccc2)c2ccccc2C)S(C)(=O)=O)cc1C. The molecule has 3 rings (SSSR count). The van der Waals surface area contributed by atoms with Crippen molar-refractivity contribution in [1.82, 2.24) is 5.32 Å². The van der Waals surface area contributed by atoms with Gasteiger partial charge in [-0.3, -0.25) is 9.10 Å². The standard InChI is InChI=1S/C27H32N2O3S/c1-20-16-17-24(19-22(20)3)29(33(4,31)32)18-10-15-26(30)28-27(23-12-6-5-7-13-23)25-14-9-8-11-21(25)2/h5-9,11-14,16-17,19,27H,10,15,18H2,1-4H3,(H,28,30)/t27-/m0/s1. The predicted molar refractivity (Wildman–Crippen MR) is 135 cm³/mol. The molecule has 0 saturated heterocycles. The average Bonchev–Trinajstić information content (AvgIpc) is 2.77. The highest BCUT2D eigenvalue weighted by Gasteiger charge is 2.20. The third-order valence-corrected chi connectivity index (χ3v) is 7.08. The van der Waals surface area contributed by atoms with Crippen molar-refractivity contribution in [3.63, 3.8) is 0 Å². The van der Waals surface area contributed by atoms with E-state index in [9.17, 15) is 13.2 Å². The Kier molecular flexibility index (Phi) is 7.92. The summed E-state index contributed by atoms with van der Waals surface area (Å²) in [6, 6.07) is 23.2. The number of aryl methyl sites for hydroxylation is 3. The van der Waals surface area contributed by atoms with E-state index in [2.05, 4.69) is 5.32 Å². The second kappa shape index (κ2) is 10.7. The zero-order valence-corrected chi connectivity index (χ0v) is 20.5. The fourth-order valence-electron chi connectivity index (χ4n) is 3.88. The number of nitrogens with one attached hydrogen (secondary N) is 1. The molecule has 5 nitrogen and oxygen atoms in total. The van der Waals surface area contributed by atoms with Crippen molar-refractivity contribution in [2.75, 3.05) is 17.1 Å². The first-order valence-corrected chi connectivity index (χ1v) is 13.0. The number of nitrogens with zero attached hydrogens (tertiary/aromatic N) is 1. The van der Waals surface area contributed by atoms with E-state index in [1.165, 1.54) is 10.6 Å². The van der Waals surface area contributed by atoms with Gasteiger partial charge in [-0.05, 0) is 67.1 Å². The van der Waals surface area contributed by atoms with Crippen molar-refractivity contribution >= 4 is 21.6 Å². The number of amides is 1. The van der Waals surface area contributed by atoms with Gasteiger partial charge in [-0.25, -0.2) is 8.42 Å². The maximum Gasteiger partial charge on any atom is 0.232 e. The summed E-state index contributed by atoms with van der Waals surface area (Å²) in [4.78, 5) is 12.9. The number of benzene rings is 3. The third kappa shape index (κ3) is 6.45. The van der Waals surface area contributed by atoms with Crippen LogP contribution in [0.15, 0.2) is 72.8 Å². The summed E-state index contributed by atoms with van der Waals surface area (Å²) in [7, 11) is -3.46. The van der Waals surface area contributed by atoms with Crippen LogP contribution in [0.25, 0.3) is 0 Å². The third-order valence-electron chi connectivity index (χ3n) is 5.88. The minimum Gasteiger partial charge on any atom is -0.345 e. The van der Waals surface area contributed by atoms with Gasteiger partial charge in [-0.1, -0.05) is 60.7 Å². The fraction of sp³-hybridized carbons (Fsp3) is 0.296. The van der Waals surface area contributed by atoms with Crippen LogP contribution in [0.2, 0.25) is 0 Å². The summed E-state index contributed by atoms with van der Waals surface area (Å²) in [5, 5.41) is 3.15. The molecular formula is C27H32N2O3S. The van der Waals surface area contributed by atoms with Crippen LogP contribution in [0.4, 0.5) is 5.69 Å². The summed E-state index contributed by atoms with van der Waals surface area (Å²) in [6.07, 6.45) is 1.85. The molecule has 0 spiro atoms. The molecule has 0 heterocycles. The van der Waals surface area contributed by atoms with Gasteiger partial charge in [0.1, 0.15) is 0 Å². The highest BCUT2D eigenvalue weighted by molar-refractivity contribution is 7.92. The number of rotatable bonds is 9. The Morgan fingerprint density at radius 1 is 0.879 bits per heavy atom. The van der Waals surface area contributed by atoms with Gasteiger partial charge in [0.2, 0.25) is 15.9 Å². The minimum atomic E-state index is -3.46. The molecule has 1 atom stereocenters. The lowest BCUT2D eigenvalue weighted by atomic mass is 9.95. The van der Waals surface area contributed by atoms with Crippen LogP contribution in [0.5, 0.6) is 0 Å². The molecule has 0 aliphatic carbocycles. The molecule has 6 heteroatoms. The monoisotopic (exact) mass is 464 g/mol. The molecule has 1 amide bonds. The molecule has 3 aromatic carbocycles. The average molecular weight is 465 g/mol. The number of hydrogen-bond acceptors (Lipinski definition) is 3. The summed E-state index contributed by atoms with van der Waals surface area (Å²) < 4.78 is 26.2. The van der Waals surface area contributed by atoms with Crippen LogP contribution in [-0.2, 0) is 14.8 Å². The van der Waals surface area contributed by atoms with Crippen molar-refractivity contribution in [1.29, 1.82) is 0 Å². The molecule has 0 aliphatic heterocycles. The van der Waals surface area contributed by atoms with Crippen LogP contribution in [-0.4, -0.2) is 27.1 Å². The Bertz CT molecular complexity index is 1210. The van der Waals surface area contributed by atoms with Gasteiger partial charge in [0, 0.05) is 13.0 Å². The smallest absolute Gasteiger partial charge is 0.232 e. The normalized spacial score (nSPS) is 12.2. The van der Waals surface area contributed by atoms with Gasteiger partial charge in [-0.2, -0.15) is 0 Å². The Morgan fingerprint density at radius 3 is 2.18 bits per heavy atom. The second-order valence-corrected chi connectivity index (χ2v) is 10.4. The molecular weight excluding hydrogens is 432 g/mol. The van der Waals surface area contributed by atoms with Crippen molar-refractivity contribution in [3.8, 4) is 0 Å². The lowest BCUT2D eigenvalue weighted by Crippen LogP contribution is -2.33. The topological polar surface area (TPSA) is 66.5 Å². The van der Waals surface area contributed by atoms with E-state index in [4.69, 9.17) is 0 Å². The number of carbonyl (C=O) groups is 1. The first-order valence-electron chi connectivity index (χ1n) is 11.1. The van der Waals surface area contributed by atoms with Gasteiger partial charge in [-0.15, -0.1) is 0 Å². The van der Waals surface area contributed by atoms with Crippen molar-refractivity contribution in [3.05, 3.63) is 101 Å². The largest absolute Gasteiger partial charge is 0.345 e. The zero-order chi connectivity index (χ0) is 24.0. The fourth-order valence-corrected chi connectivity index (χ4v) is 4.84. The van der Waals surface area contributed by atoms with Crippen LogP contribution in [0.3, 0.4) is 0 Å². The Hall–Kier alpha value is -3.12. The number of carbonyl (C=O) groups excluding carboxylic acids is 1. The van der Waals surface area contributed by atoms with E-state index < -0.39 is 10.0 Å². The van der Waals surface area contributed by atoms with Crippen molar-refractivity contribution in [2.24, 2.45) is 0 Å². The molecule has 0 unspecified atom stereocenters. The molecule has 0 saturated carbocycles. The summed E-state index contributed by atoms with van der Waals surface area (Å²) in [5.41, 5.74) is 5.92. The first-order chi connectivity index (χ1) is 15.7. The van der Waals surface area contributed by atoms with E-state index in [0.29, 0.717) is 12.1 Å². The molecule has 1 N–H and O–H groups in total. The summed E-state index contributed by atoms with van der Waals surface area (Å²) in [5.74, 6) is -0.111. The molecule has 33 heavy (non-hydrogen) atoms. The van der Waals surface area contributed by atoms with Crippen LogP contribution in [0, 0.1) is 20.8 Å². The maximum atomic E-state index is 12.9. The quantitative estimate of drug-likeness (QED) is 0.481. The van der Waals surface area contributed by atoms with Gasteiger partial charge in [0.25, 0.3) is 0 Å². The predicted octanol–water partition coefficient (Wildman–Crippen LogP) is 5.06. The van der Waals surface area contributed by atoms with Crippen LogP contribution in [0.1, 0.15) is 46.7 Å². The number of sulfonamides is 1. The molecule has 0 bridgehead atoms. The van der Waals surface area contributed by atoms with E-state index in [1.807, 2.05) is 93.6 Å². The van der Waals surface area contributed by atoms with Crippen molar-refractivity contribution in [2.45, 2.75) is 39.7 Å². The molecule has 174 valence electrons. The first kappa shape index (κ1) is 24.5. The van der Waals surface area contributed by atoms with Gasteiger partial charge >= 0.3 is 0 Å². The molecule has 0 radical (unpaired) electrons. The van der Waals surface area contributed by atoms with Crippen molar-refractivity contribution < 1.29 is 13.2 Å². The van der Waals surface area contributed by atoms with Gasteiger partial charge in [0.05, 0.1) is 18.0 Å². The lowest BCUT2D eigenvalue weighted by molar-refractivity contribution is -0.121. The molecule has 0 fully saturated rings. The highest BCUT2D eigenvalue weighted by atomic mass is 32.2. The minimum absolute atomic E-state index is 0.111. The Labute approximate surface area is 197 Å². The van der Waals surface area contributed by atoms with Gasteiger partial charge < -0.3 is 5.32 Å². The number of anilines is 1. The molecule has 0 aliphatic rings. The van der Waals surface area contributed by atoms with E-state index in [-0.39, 0.29) is 24.9 Å². The molecule has 3 aromatic rings. The lowest BCUT2D eigenvalue weighted by Gasteiger charge is -2.24.